The number of amides is 1. The van der Waals surface area contributed by atoms with Gasteiger partial charge in [-0.2, -0.15) is 0 Å². The predicted molar refractivity (Wildman–Crippen MR) is 86.5 cm³/mol. The van der Waals surface area contributed by atoms with Crippen LogP contribution in [0.25, 0.3) is 10.2 Å². The van der Waals surface area contributed by atoms with E-state index in [1.807, 2.05) is 6.92 Å². The molecule has 23 heavy (non-hydrogen) atoms. The second-order valence-electron chi connectivity index (χ2n) is 4.86. The minimum absolute atomic E-state index is 0.0828. The van der Waals surface area contributed by atoms with Gasteiger partial charge in [0.15, 0.2) is 11.6 Å². The van der Waals surface area contributed by atoms with Crippen LogP contribution in [0, 0.1) is 5.82 Å². The minimum atomic E-state index is -0.474. The maximum Gasteiger partial charge on any atom is 0.263 e. The third kappa shape index (κ3) is 3.00. The first kappa shape index (κ1) is 15.4. The molecule has 0 fully saturated rings. The number of carbonyl (C=O) groups excluding carboxylic acids is 1. The normalized spacial score (nSPS) is 10.7. The molecule has 0 saturated heterocycles. The molecule has 1 amide bonds. The van der Waals surface area contributed by atoms with Crippen molar-refractivity contribution in [3.63, 3.8) is 0 Å². The van der Waals surface area contributed by atoms with Gasteiger partial charge in [-0.05, 0) is 25.1 Å². The second-order valence-corrected chi connectivity index (χ2v) is 5.91. The lowest BCUT2D eigenvalue weighted by Gasteiger charge is -2.12. The lowest BCUT2D eigenvalue weighted by atomic mass is 10.3. The maximum atomic E-state index is 13.7. The molecule has 1 aromatic carbocycles. The van der Waals surface area contributed by atoms with Crippen LogP contribution in [0.15, 0.2) is 36.7 Å². The molecule has 0 aliphatic rings. The molecule has 0 aliphatic heterocycles. The molecule has 2 aromatic heterocycles. The summed E-state index contributed by atoms with van der Waals surface area (Å²) in [5, 5.41) is 0. The van der Waals surface area contributed by atoms with Crippen molar-refractivity contribution in [1.29, 1.82) is 0 Å². The minimum Gasteiger partial charge on any atom is -0.434 e. The van der Waals surface area contributed by atoms with E-state index in [0.29, 0.717) is 21.6 Å². The van der Waals surface area contributed by atoms with E-state index >= 15 is 0 Å². The first-order chi connectivity index (χ1) is 11.1. The number of hydrogen-bond donors (Lipinski definition) is 0. The van der Waals surface area contributed by atoms with Gasteiger partial charge in [0, 0.05) is 13.6 Å². The van der Waals surface area contributed by atoms with Crippen LogP contribution in [0.1, 0.15) is 16.6 Å². The topological polar surface area (TPSA) is 55.3 Å². The fourth-order valence-corrected chi connectivity index (χ4v) is 3.01. The van der Waals surface area contributed by atoms with Gasteiger partial charge in [-0.3, -0.25) is 4.79 Å². The molecule has 7 heteroatoms. The Bertz CT molecular complexity index is 865. The van der Waals surface area contributed by atoms with E-state index in [-0.39, 0.29) is 17.5 Å². The SMILES string of the molecule is CCN(C)C(=O)c1cc2ncnc(Oc3ccccc3F)c2s1. The Kier molecular flexibility index (Phi) is 4.20. The molecule has 0 aliphatic carbocycles. The molecule has 0 bridgehead atoms. The third-order valence-electron chi connectivity index (χ3n) is 3.35. The average Bonchev–Trinajstić information content (AvgIpc) is 3.00. The second kappa shape index (κ2) is 6.29. The average molecular weight is 331 g/mol. The lowest BCUT2D eigenvalue weighted by Crippen LogP contribution is -2.25. The highest BCUT2D eigenvalue weighted by atomic mass is 32.1. The highest BCUT2D eigenvalue weighted by molar-refractivity contribution is 7.21. The number of rotatable bonds is 4. The van der Waals surface area contributed by atoms with Crippen molar-refractivity contribution >= 4 is 27.5 Å². The standard InChI is InChI=1S/C16H14FN3O2S/c1-3-20(2)16(21)13-8-11-14(23-13)15(19-9-18-11)22-12-7-5-4-6-10(12)17/h4-9H,3H2,1-2H3. The smallest absolute Gasteiger partial charge is 0.263 e. The highest BCUT2D eigenvalue weighted by Crippen LogP contribution is 2.34. The number of fused-ring (bicyclic) bond motifs is 1. The summed E-state index contributed by atoms with van der Waals surface area (Å²) in [4.78, 5) is 22.6. The summed E-state index contributed by atoms with van der Waals surface area (Å²) in [6, 6.07) is 7.79. The molecule has 0 unspecified atom stereocenters. The monoisotopic (exact) mass is 331 g/mol. The zero-order valence-corrected chi connectivity index (χ0v) is 13.4. The molecule has 3 rings (SSSR count). The van der Waals surface area contributed by atoms with Crippen molar-refractivity contribution in [3.8, 4) is 11.6 Å². The number of aromatic nitrogens is 2. The summed E-state index contributed by atoms with van der Waals surface area (Å²) < 4.78 is 19.9. The highest BCUT2D eigenvalue weighted by Gasteiger charge is 2.18. The van der Waals surface area contributed by atoms with Gasteiger partial charge in [0.05, 0.1) is 10.4 Å². The zero-order chi connectivity index (χ0) is 16.4. The Morgan fingerprint density at radius 2 is 2.13 bits per heavy atom. The van der Waals surface area contributed by atoms with Gasteiger partial charge in [0.25, 0.3) is 5.91 Å². The van der Waals surface area contributed by atoms with Crippen LogP contribution in [-0.2, 0) is 0 Å². The van der Waals surface area contributed by atoms with E-state index < -0.39 is 5.82 Å². The summed E-state index contributed by atoms with van der Waals surface area (Å²) in [5.74, 6) is -0.243. The molecule has 0 saturated carbocycles. The van der Waals surface area contributed by atoms with Crippen LogP contribution in [0.2, 0.25) is 0 Å². The molecule has 0 spiro atoms. The van der Waals surface area contributed by atoms with Gasteiger partial charge in [0.2, 0.25) is 5.88 Å². The van der Waals surface area contributed by atoms with Crippen LogP contribution in [0.5, 0.6) is 11.6 Å². The van der Waals surface area contributed by atoms with E-state index in [9.17, 15) is 9.18 Å². The van der Waals surface area contributed by atoms with E-state index in [2.05, 4.69) is 9.97 Å². The van der Waals surface area contributed by atoms with Crippen molar-refractivity contribution in [1.82, 2.24) is 14.9 Å². The Hall–Kier alpha value is -2.54. The predicted octanol–water partition coefficient (Wildman–Crippen LogP) is 3.71. The number of benzene rings is 1. The lowest BCUT2D eigenvalue weighted by molar-refractivity contribution is 0.0807. The fraction of sp³-hybridized carbons (Fsp3) is 0.188. The summed E-state index contributed by atoms with van der Waals surface area (Å²) in [6.45, 7) is 2.51. The Morgan fingerprint density at radius 3 is 2.87 bits per heavy atom. The van der Waals surface area contributed by atoms with Gasteiger partial charge in [-0.1, -0.05) is 12.1 Å². The van der Waals surface area contributed by atoms with Gasteiger partial charge < -0.3 is 9.64 Å². The Labute approximate surface area is 136 Å². The molecular formula is C16H14FN3O2S. The number of hydrogen-bond acceptors (Lipinski definition) is 5. The van der Waals surface area contributed by atoms with Crippen molar-refractivity contribution in [2.24, 2.45) is 0 Å². The number of para-hydroxylation sites is 1. The first-order valence-corrected chi connectivity index (χ1v) is 7.84. The summed E-state index contributed by atoms with van der Waals surface area (Å²) in [5.41, 5.74) is 0.601. The van der Waals surface area contributed by atoms with Crippen LogP contribution in [0.3, 0.4) is 0 Å². The van der Waals surface area contributed by atoms with Gasteiger partial charge in [-0.15, -0.1) is 11.3 Å². The van der Waals surface area contributed by atoms with Gasteiger partial charge >= 0.3 is 0 Å². The molecule has 5 nitrogen and oxygen atoms in total. The zero-order valence-electron chi connectivity index (χ0n) is 12.6. The van der Waals surface area contributed by atoms with Crippen molar-refractivity contribution in [3.05, 3.63) is 47.4 Å². The third-order valence-corrected chi connectivity index (χ3v) is 4.45. The van der Waals surface area contributed by atoms with Crippen molar-refractivity contribution < 1.29 is 13.9 Å². The summed E-state index contributed by atoms with van der Waals surface area (Å²) >= 11 is 1.24. The Morgan fingerprint density at radius 1 is 1.35 bits per heavy atom. The number of halogens is 1. The van der Waals surface area contributed by atoms with Crippen molar-refractivity contribution in [2.75, 3.05) is 13.6 Å². The molecular weight excluding hydrogens is 317 g/mol. The quantitative estimate of drug-likeness (QED) is 0.731. The van der Waals surface area contributed by atoms with Crippen molar-refractivity contribution in [2.45, 2.75) is 6.92 Å². The summed E-state index contributed by atoms with van der Waals surface area (Å²) in [6.07, 6.45) is 1.34. The molecule has 0 N–H and O–H groups in total. The Balaban J connectivity index is 2.00. The van der Waals surface area contributed by atoms with Gasteiger partial charge in [-0.25, -0.2) is 14.4 Å². The molecule has 118 valence electrons. The number of thiophene rings is 1. The maximum absolute atomic E-state index is 13.7. The summed E-state index contributed by atoms with van der Waals surface area (Å²) in [7, 11) is 1.73. The molecule has 0 radical (unpaired) electrons. The van der Waals surface area contributed by atoms with Crippen LogP contribution in [-0.4, -0.2) is 34.4 Å². The number of nitrogens with zero attached hydrogens (tertiary/aromatic N) is 3. The fourth-order valence-electron chi connectivity index (χ4n) is 1.97. The van der Waals surface area contributed by atoms with Crippen LogP contribution < -0.4 is 4.74 Å². The largest absolute Gasteiger partial charge is 0.434 e. The molecule has 2 heterocycles. The van der Waals surface area contributed by atoms with E-state index in [0.717, 1.165) is 0 Å². The first-order valence-electron chi connectivity index (χ1n) is 7.02. The van der Waals surface area contributed by atoms with E-state index in [1.54, 1.807) is 30.1 Å². The molecule has 0 atom stereocenters. The number of carbonyl (C=O) groups is 1. The van der Waals surface area contributed by atoms with E-state index in [4.69, 9.17) is 4.74 Å². The molecule has 3 aromatic rings. The van der Waals surface area contributed by atoms with Crippen LogP contribution in [0.4, 0.5) is 4.39 Å². The van der Waals surface area contributed by atoms with E-state index in [1.165, 1.54) is 29.8 Å². The van der Waals surface area contributed by atoms with Crippen LogP contribution >= 0.6 is 11.3 Å². The number of ether oxygens (including phenoxy) is 1. The van der Waals surface area contributed by atoms with Gasteiger partial charge in [0.1, 0.15) is 11.0 Å².